The van der Waals surface area contributed by atoms with Crippen molar-refractivity contribution < 1.29 is 32.3 Å². The van der Waals surface area contributed by atoms with E-state index in [2.05, 4.69) is 56.3 Å². The topological polar surface area (TPSA) is 211 Å². The molecule has 356 valence electrons. The average Bonchev–Trinajstić information content (AvgIpc) is 4.13. The highest BCUT2D eigenvalue weighted by Crippen LogP contribution is 2.56. The Morgan fingerprint density at radius 2 is 1.81 bits per heavy atom. The van der Waals surface area contributed by atoms with Crippen LogP contribution in [0.25, 0.3) is 11.0 Å². The number of nitro benzene ring substituents is 1. The fraction of sp³-hybridized carbons (Fsp3) is 0.392. The van der Waals surface area contributed by atoms with Gasteiger partial charge in [0.1, 0.15) is 28.9 Å². The zero-order valence-corrected chi connectivity index (χ0v) is 39.0. The molecule has 3 aromatic carbocycles. The van der Waals surface area contributed by atoms with Crippen LogP contribution in [0.15, 0.2) is 101 Å². The number of hydrogen-bond donors (Lipinski definition) is 3. The lowest BCUT2D eigenvalue weighted by Gasteiger charge is -2.56. The van der Waals surface area contributed by atoms with Gasteiger partial charge in [0.25, 0.3) is 11.6 Å². The highest BCUT2D eigenvalue weighted by atomic mass is 32.2. The average molecular weight is 952 g/mol. The highest BCUT2D eigenvalue weighted by molar-refractivity contribution is 7.91. The van der Waals surface area contributed by atoms with Crippen molar-refractivity contribution in [3.05, 3.63) is 124 Å². The Balaban J connectivity index is 0.951. The van der Waals surface area contributed by atoms with Gasteiger partial charge in [-0.05, 0) is 105 Å². The largest absolute Gasteiger partial charge is 0.489 e. The summed E-state index contributed by atoms with van der Waals surface area (Å²) in [6.07, 6.45) is 9.43. The number of rotatable bonds is 10. The number of carbonyl (C=O) groups excluding carboxylic acids is 1. The van der Waals surface area contributed by atoms with E-state index in [0.29, 0.717) is 48.6 Å². The Bertz CT molecular complexity index is 3130. The molecule has 1 amide bonds. The first-order chi connectivity index (χ1) is 33.4. The van der Waals surface area contributed by atoms with Crippen LogP contribution >= 0.6 is 0 Å². The molecule has 69 heavy (non-hydrogen) atoms. The first kappa shape index (κ1) is 43.5. The van der Waals surface area contributed by atoms with Crippen molar-refractivity contribution in [3.63, 3.8) is 0 Å². The van der Waals surface area contributed by atoms with E-state index < -0.39 is 38.5 Å². The molecule has 0 bridgehead atoms. The van der Waals surface area contributed by atoms with E-state index in [-0.39, 0.29) is 69.6 Å². The van der Waals surface area contributed by atoms with Gasteiger partial charge in [-0.15, -0.1) is 0 Å². The smallest absolute Gasteiger partial charge is 0.297 e. The maximum Gasteiger partial charge on any atom is 0.297 e. The molecular weight excluding hydrogens is 899 g/mol. The van der Waals surface area contributed by atoms with Crippen LogP contribution in [0.2, 0.25) is 0 Å². The SMILES string of the molecule is Cc1ccccc1[C@@H]1CCCN1C1CC2(CCN(c3ccc(C(N)=O)c(N4c5cc6cc[nH]c6nc5O[C@@H]5COC[C@H]54)c3S(=O)(=O)c3cc4c(c([N+](=O)[O-])c3)N[C@@H](Cc3ccccn3)CO4)CC2)C1. The second-order valence-corrected chi connectivity index (χ2v) is 21.5. The van der Waals surface area contributed by atoms with Crippen molar-refractivity contribution >= 4 is 55.2 Å². The molecule has 1 aliphatic carbocycles. The van der Waals surface area contributed by atoms with E-state index in [1.165, 1.54) is 23.6 Å². The zero-order valence-electron chi connectivity index (χ0n) is 38.2. The summed E-state index contributed by atoms with van der Waals surface area (Å²) in [7, 11) is -4.77. The van der Waals surface area contributed by atoms with Gasteiger partial charge in [0.05, 0.1) is 52.1 Å². The number of fused-ring (bicyclic) bond motifs is 4. The van der Waals surface area contributed by atoms with E-state index in [9.17, 15) is 14.9 Å². The molecule has 3 saturated heterocycles. The number of pyridine rings is 2. The molecule has 4 fully saturated rings. The van der Waals surface area contributed by atoms with Crippen LogP contribution in [0, 0.1) is 22.5 Å². The predicted molar refractivity (Wildman–Crippen MR) is 258 cm³/mol. The van der Waals surface area contributed by atoms with Crippen LogP contribution < -0.4 is 30.3 Å². The standard InChI is InChI=1S/C51H53N9O8S/c1-30-7-2-3-9-36(30)38-10-6-18-58(38)34-25-51(26-34)14-19-57(20-15-51)39-12-11-37(48(52)61)46(59-41-21-31-13-17-54-49(31)56-50(41)68-44-29-66-28-42(44)59)47(39)69(64,65)35-23-40(60(62)63)45-43(24-35)67-27-33(55-45)22-32-8-4-5-16-53-32/h2-5,7-9,11-13,16-17,21,23-24,33-34,38,42,44,55H,6,10,14-15,18-20,22,25-29H2,1H3,(H2,52,61)(H,54,56)/t33-,38-,42+,44+/m0/s1. The first-order valence-electron chi connectivity index (χ1n) is 23.9. The number of nitrogens with one attached hydrogen (secondary N) is 2. The number of hydrogen-bond acceptors (Lipinski definition) is 14. The quantitative estimate of drug-likeness (QED) is 0.0902. The fourth-order valence-electron chi connectivity index (χ4n) is 12.1. The van der Waals surface area contributed by atoms with Gasteiger partial charge < -0.3 is 40.0 Å². The maximum atomic E-state index is 16.0. The molecular formula is C51H53N9O8S. The van der Waals surface area contributed by atoms with Crippen molar-refractivity contribution in [2.45, 2.75) is 91.9 Å². The normalized spacial score (nSPS) is 23.1. The van der Waals surface area contributed by atoms with Crippen molar-refractivity contribution in [1.82, 2.24) is 19.9 Å². The first-order valence-corrected chi connectivity index (χ1v) is 25.3. The Hall–Kier alpha value is -6.76. The van der Waals surface area contributed by atoms with Crippen molar-refractivity contribution in [2.24, 2.45) is 11.1 Å². The number of carbonyl (C=O) groups is 1. The molecule has 5 aliphatic heterocycles. The number of sulfone groups is 1. The van der Waals surface area contributed by atoms with Crippen LogP contribution in [0.5, 0.6) is 11.6 Å². The summed E-state index contributed by atoms with van der Waals surface area (Å²) in [6, 6.07) is 23.6. The lowest BCUT2D eigenvalue weighted by molar-refractivity contribution is -0.384. The lowest BCUT2D eigenvalue weighted by atomic mass is 9.59. The number of nitrogens with two attached hydrogens (primary N) is 1. The Kier molecular flexibility index (Phi) is 10.6. The molecule has 0 radical (unpaired) electrons. The number of amides is 1. The van der Waals surface area contributed by atoms with Gasteiger partial charge in [0, 0.05) is 67.2 Å². The summed E-state index contributed by atoms with van der Waals surface area (Å²) in [6.45, 7) is 4.84. The minimum atomic E-state index is -4.77. The van der Waals surface area contributed by atoms with Gasteiger partial charge in [-0.25, -0.2) is 8.42 Å². The molecule has 6 aromatic rings. The maximum absolute atomic E-state index is 16.0. The summed E-state index contributed by atoms with van der Waals surface area (Å²) < 4.78 is 50.7. The number of nitro groups is 1. The van der Waals surface area contributed by atoms with Crippen LogP contribution in [-0.4, -0.2) is 103 Å². The summed E-state index contributed by atoms with van der Waals surface area (Å²) in [5.74, 6) is -0.595. The van der Waals surface area contributed by atoms with E-state index in [0.717, 1.165) is 55.8 Å². The van der Waals surface area contributed by atoms with Gasteiger partial charge in [-0.3, -0.25) is 24.8 Å². The third kappa shape index (κ3) is 7.42. The number of ether oxygens (including phenoxy) is 3. The van der Waals surface area contributed by atoms with Gasteiger partial charge in [-0.1, -0.05) is 30.3 Å². The number of benzene rings is 3. The molecule has 12 rings (SSSR count). The number of aryl methyl sites for hydroxylation is 1. The van der Waals surface area contributed by atoms with E-state index in [1.807, 2.05) is 30.3 Å². The summed E-state index contributed by atoms with van der Waals surface area (Å²) in [4.78, 5) is 44.6. The second-order valence-electron chi connectivity index (χ2n) is 19.6. The minimum absolute atomic E-state index is 0.0244. The van der Waals surface area contributed by atoms with E-state index >= 15 is 8.42 Å². The van der Waals surface area contributed by atoms with Gasteiger partial charge in [0.2, 0.25) is 15.7 Å². The monoisotopic (exact) mass is 951 g/mol. The fourth-order valence-corrected chi connectivity index (χ4v) is 13.8. The van der Waals surface area contributed by atoms with Crippen LogP contribution in [0.4, 0.5) is 28.4 Å². The van der Waals surface area contributed by atoms with Crippen LogP contribution in [-0.2, 0) is 21.0 Å². The van der Waals surface area contributed by atoms with Gasteiger partial charge >= 0.3 is 0 Å². The zero-order chi connectivity index (χ0) is 47.2. The molecule has 18 heteroatoms. The van der Waals surface area contributed by atoms with E-state index in [1.54, 1.807) is 29.4 Å². The predicted octanol–water partition coefficient (Wildman–Crippen LogP) is 7.41. The molecule has 3 aromatic heterocycles. The number of nitrogens with zero attached hydrogens (tertiary/aromatic N) is 6. The third-order valence-corrected chi connectivity index (χ3v) is 17.4. The molecule has 4 N–H and O–H groups in total. The summed E-state index contributed by atoms with van der Waals surface area (Å²) >= 11 is 0. The minimum Gasteiger partial charge on any atom is -0.489 e. The van der Waals surface area contributed by atoms with Gasteiger partial charge in [0.15, 0.2) is 11.4 Å². The molecule has 0 unspecified atom stereocenters. The third-order valence-electron chi connectivity index (χ3n) is 15.6. The van der Waals surface area contributed by atoms with Crippen molar-refractivity contribution in [3.8, 4) is 11.6 Å². The highest BCUT2D eigenvalue weighted by Gasteiger charge is 2.51. The molecule has 8 heterocycles. The Morgan fingerprint density at radius 3 is 2.59 bits per heavy atom. The van der Waals surface area contributed by atoms with Crippen LogP contribution in [0.1, 0.15) is 71.7 Å². The molecule has 1 spiro atoms. The number of likely N-dealkylation sites (tertiary alicyclic amines) is 1. The molecule has 4 atom stereocenters. The number of H-pyrrole nitrogens is 1. The number of aromatic amines is 1. The summed E-state index contributed by atoms with van der Waals surface area (Å²) in [5, 5.41) is 16.9. The Labute approximate surface area is 399 Å². The van der Waals surface area contributed by atoms with E-state index in [4.69, 9.17) is 24.9 Å². The number of aromatic nitrogens is 3. The number of piperidine rings is 1. The Morgan fingerprint density at radius 1 is 0.986 bits per heavy atom. The second kappa shape index (κ2) is 16.7. The van der Waals surface area contributed by atoms with Crippen molar-refractivity contribution in [2.75, 3.05) is 54.6 Å². The molecule has 6 aliphatic rings. The van der Waals surface area contributed by atoms with Crippen LogP contribution in [0.3, 0.4) is 0 Å². The van der Waals surface area contributed by atoms with Gasteiger partial charge in [-0.2, -0.15) is 4.98 Å². The molecule has 17 nitrogen and oxygen atoms in total. The summed E-state index contributed by atoms with van der Waals surface area (Å²) in [5.41, 5.74) is 10.8. The molecule has 1 saturated carbocycles. The number of primary amides is 1. The van der Waals surface area contributed by atoms with Crippen molar-refractivity contribution in [1.29, 1.82) is 0 Å². The lowest BCUT2D eigenvalue weighted by Crippen LogP contribution is -2.55. The number of anilines is 4.